The number of aromatic amines is 1. The van der Waals surface area contributed by atoms with Gasteiger partial charge in [0, 0.05) is 0 Å². The normalized spacial score (nSPS) is 9.54. The van der Waals surface area contributed by atoms with Gasteiger partial charge in [0.25, 0.3) is 0 Å². The molecule has 0 fully saturated rings. The van der Waals surface area contributed by atoms with Crippen LogP contribution in [0.15, 0.2) is 24.4 Å². The first-order valence-corrected chi connectivity index (χ1v) is 3.52. The van der Waals surface area contributed by atoms with Crippen LogP contribution in [0.1, 0.15) is 0 Å². The number of aromatic nitrogens is 7. The summed E-state index contributed by atoms with van der Waals surface area (Å²) in [5.74, 6) is 0.360. The monoisotopic (exact) mass is 175 g/mol. The smallest absolute Gasteiger partial charge is 0.224 e. The molecule has 0 spiro atoms. The molecule has 0 aromatic rings. The van der Waals surface area contributed by atoms with E-state index in [4.69, 9.17) is 0 Å². The fourth-order valence-corrected chi connectivity index (χ4v) is 0.768. The van der Waals surface area contributed by atoms with Gasteiger partial charge in [-0.25, -0.2) is 0 Å². The van der Waals surface area contributed by atoms with Gasteiger partial charge >= 0.3 is 0 Å². The van der Waals surface area contributed by atoms with E-state index in [0.717, 1.165) is 0 Å². The highest BCUT2D eigenvalue weighted by atomic mass is 15.5. The molecular weight excluding hydrogens is 170 g/mol. The molecule has 0 radical (unpaired) electrons. The van der Waals surface area contributed by atoms with Crippen LogP contribution in [0.4, 0.5) is 0 Å². The molecule has 2 rings (SSSR count). The van der Waals surface area contributed by atoms with Gasteiger partial charge in [0.2, 0.25) is 5.82 Å². The van der Waals surface area contributed by atoms with Crippen LogP contribution in [0, 0.1) is 0 Å². The quantitative estimate of drug-likeness (QED) is 0.586. The number of hydrogen-bond acceptors (Lipinski definition) is 6. The summed E-state index contributed by atoms with van der Waals surface area (Å²) in [5.41, 5.74) is 0.639. The van der Waals surface area contributed by atoms with Gasteiger partial charge in [0.15, 0.2) is 0 Å². The van der Waals surface area contributed by atoms with Crippen LogP contribution in [0.3, 0.4) is 0 Å². The lowest BCUT2D eigenvalue weighted by atomic mass is 10.4. The third-order valence-electron chi connectivity index (χ3n) is 1.31. The van der Waals surface area contributed by atoms with Crippen LogP contribution in [-0.4, -0.2) is 36.0 Å². The molecular formula is C6H5N7. The Morgan fingerprint density at radius 1 is 1.08 bits per heavy atom. The molecule has 0 saturated carbocycles. The van der Waals surface area contributed by atoms with Gasteiger partial charge < -0.3 is 0 Å². The highest BCUT2D eigenvalue weighted by Gasteiger charge is 2.00. The third-order valence-corrected chi connectivity index (χ3v) is 1.31. The summed E-state index contributed by atoms with van der Waals surface area (Å²) in [6.45, 7) is 0. The molecule has 64 valence electrons. The summed E-state index contributed by atoms with van der Waals surface area (Å²) in [7, 11) is 0. The van der Waals surface area contributed by atoms with E-state index in [-0.39, 0.29) is 0 Å². The van der Waals surface area contributed by atoms with Crippen molar-refractivity contribution in [2.24, 2.45) is 0 Å². The minimum Gasteiger partial charge on any atom is -0.254 e. The fourth-order valence-electron chi connectivity index (χ4n) is 0.768. The van der Waals surface area contributed by atoms with E-state index in [0.29, 0.717) is 11.5 Å². The summed E-state index contributed by atoms with van der Waals surface area (Å²) in [6, 6.07) is 5.26. The van der Waals surface area contributed by atoms with Crippen molar-refractivity contribution >= 4 is 0 Å². The second-order valence-electron chi connectivity index (χ2n) is 2.14. The van der Waals surface area contributed by atoms with Crippen molar-refractivity contribution < 1.29 is 0 Å². The summed E-state index contributed by atoms with van der Waals surface area (Å²) in [5, 5.41) is 24.1. The Morgan fingerprint density at radius 3 is 3.00 bits per heavy atom. The first kappa shape index (κ1) is 7.47. The first-order valence-electron chi connectivity index (χ1n) is 3.52. The Hall–Kier alpha value is -2.18. The molecule has 7 nitrogen and oxygen atoms in total. The van der Waals surface area contributed by atoms with Gasteiger partial charge in [-0.15, -0.1) is 15.3 Å². The Labute approximate surface area is 72.9 Å². The molecule has 13 heavy (non-hydrogen) atoms. The zero-order chi connectivity index (χ0) is 8.93. The molecule has 0 atom stereocenters. The molecule has 0 aliphatic carbocycles. The fraction of sp³-hybridized carbons (Fsp3) is 0. The van der Waals surface area contributed by atoms with Crippen molar-refractivity contribution in [3.63, 3.8) is 0 Å². The predicted molar refractivity (Wildman–Crippen MR) is 41.8 cm³/mol. The van der Waals surface area contributed by atoms with E-state index < -0.39 is 0 Å². The number of nitrogens with zero attached hydrogens (tertiary/aromatic N) is 6. The molecule has 1 N–H and O–H groups in total. The van der Waals surface area contributed by atoms with E-state index >= 15 is 0 Å². The topological polar surface area (TPSA) is 93.1 Å². The lowest BCUT2D eigenvalue weighted by molar-refractivity contribution is 0.739. The van der Waals surface area contributed by atoms with Crippen LogP contribution in [0.5, 0.6) is 0 Å². The van der Waals surface area contributed by atoms with E-state index in [1.165, 1.54) is 6.20 Å². The Kier molecular flexibility index (Phi) is 2.00. The summed E-state index contributed by atoms with van der Waals surface area (Å²) in [4.78, 5) is 0. The zero-order valence-electron chi connectivity index (χ0n) is 6.49. The summed E-state index contributed by atoms with van der Waals surface area (Å²) in [6.07, 6.45) is 1.52. The van der Waals surface area contributed by atoms with Crippen LogP contribution in [0.2, 0.25) is 0 Å². The average Bonchev–Trinajstić information content (AvgIpc) is 2.28. The van der Waals surface area contributed by atoms with Crippen molar-refractivity contribution in [3.05, 3.63) is 24.4 Å². The largest absolute Gasteiger partial charge is 0.254 e. The van der Waals surface area contributed by atoms with Gasteiger partial charge in [0.05, 0.1) is 6.20 Å². The highest BCUT2D eigenvalue weighted by molar-refractivity contribution is 5.44. The Balaban J connectivity index is 2.69. The number of rotatable bonds is 0. The van der Waals surface area contributed by atoms with Gasteiger partial charge in [0.1, 0.15) is 5.69 Å². The van der Waals surface area contributed by atoms with E-state index in [2.05, 4.69) is 36.0 Å². The zero-order valence-corrected chi connectivity index (χ0v) is 6.49. The Morgan fingerprint density at radius 2 is 2.00 bits per heavy atom. The maximum Gasteiger partial charge on any atom is 0.224 e. The maximum absolute atomic E-state index is 3.72. The van der Waals surface area contributed by atoms with Crippen LogP contribution < -0.4 is 0 Å². The van der Waals surface area contributed by atoms with Crippen LogP contribution in [0.25, 0.3) is 11.5 Å². The number of nitrogens with one attached hydrogen (secondary N) is 1. The molecule has 0 bridgehead atoms. The van der Waals surface area contributed by atoms with Gasteiger partial charge in [-0.05, 0) is 27.8 Å². The van der Waals surface area contributed by atoms with Gasteiger partial charge in [-0.2, -0.15) is 0 Å². The van der Waals surface area contributed by atoms with Gasteiger partial charge in [-0.3, -0.25) is 5.10 Å². The second-order valence-corrected chi connectivity index (χ2v) is 2.14. The number of hydrogen-bond donors (Lipinski definition) is 1. The maximum atomic E-state index is 3.72. The van der Waals surface area contributed by atoms with Gasteiger partial charge in [-0.1, -0.05) is 6.07 Å². The van der Waals surface area contributed by atoms with Crippen molar-refractivity contribution in [2.45, 2.75) is 0 Å². The highest BCUT2D eigenvalue weighted by Crippen LogP contribution is 2.03. The number of fused-ring (bicyclic) bond motifs is 1. The SMILES string of the molecule is c1ccc2[nH]nnnc-2nnnc1. The lowest BCUT2D eigenvalue weighted by Crippen LogP contribution is -1.98. The number of H-pyrrole nitrogens is 1. The standard InChI is InChI=1S/C6H5N7/c1-2-4-7-11-9-6-5(3-1)8-12-13-10-6/h1-4H,(H,8,13). The lowest BCUT2D eigenvalue weighted by Gasteiger charge is -1.91. The minimum atomic E-state index is 0.360. The molecule has 0 unspecified atom stereocenters. The third kappa shape index (κ3) is 1.70. The first-order chi connectivity index (χ1) is 6.47. The molecule has 0 amide bonds. The van der Waals surface area contributed by atoms with Crippen molar-refractivity contribution in [1.82, 2.24) is 36.0 Å². The van der Waals surface area contributed by atoms with Crippen molar-refractivity contribution in [3.8, 4) is 11.5 Å². The van der Waals surface area contributed by atoms with E-state index in [1.807, 2.05) is 0 Å². The molecule has 7 heteroatoms. The molecule has 0 saturated heterocycles. The summed E-state index contributed by atoms with van der Waals surface area (Å²) < 4.78 is 0. The summed E-state index contributed by atoms with van der Waals surface area (Å²) >= 11 is 0. The van der Waals surface area contributed by atoms with E-state index in [9.17, 15) is 0 Å². The molecule has 0 aromatic carbocycles. The van der Waals surface area contributed by atoms with E-state index in [1.54, 1.807) is 18.2 Å². The second kappa shape index (κ2) is 3.48. The van der Waals surface area contributed by atoms with Crippen LogP contribution >= 0.6 is 0 Å². The Bertz CT molecular complexity index is 372. The average molecular weight is 175 g/mol. The van der Waals surface area contributed by atoms with Crippen molar-refractivity contribution in [2.75, 3.05) is 0 Å². The molecule has 2 aliphatic heterocycles. The minimum absolute atomic E-state index is 0.360. The molecule has 2 heterocycles. The predicted octanol–water partition coefficient (Wildman–Crippen LogP) is -0.386. The van der Waals surface area contributed by atoms with Crippen LogP contribution in [-0.2, 0) is 0 Å². The van der Waals surface area contributed by atoms with Crippen molar-refractivity contribution in [1.29, 1.82) is 0 Å². The molecule has 2 aliphatic rings. The molecule has 0 aromatic heterocycles.